The standard InChI is InChI=1S/C12H12BrF2N3/c1-16-12(10-3-4-18(2)17-10)11-8(14)5-7(13)6-9(11)15/h3-6,12,16H,1-2H3. The van der Waals surface area contributed by atoms with Crippen LogP contribution in [0.1, 0.15) is 17.3 Å². The predicted octanol–water partition coefficient (Wildman–Crippen LogP) is 2.77. The highest BCUT2D eigenvalue weighted by molar-refractivity contribution is 9.10. The van der Waals surface area contributed by atoms with E-state index in [-0.39, 0.29) is 5.56 Å². The van der Waals surface area contributed by atoms with Crippen LogP contribution >= 0.6 is 15.9 Å². The third-order valence-corrected chi connectivity index (χ3v) is 3.11. The average Bonchev–Trinajstić information content (AvgIpc) is 2.69. The Balaban J connectivity index is 2.51. The molecule has 0 fully saturated rings. The zero-order valence-electron chi connectivity index (χ0n) is 9.92. The molecule has 0 aliphatic heterocycles. The molecule has 0 aliphatic carbocycles. The monoisotopic (exact) mass is 315 g/mol. The van der Waals surface area contributed by atoms with Gasteiger partial charge in [-0.3, -0.25) is 4.68 Å². The third kappa shape index (κ3) is 2.44. The average molecular weight is 316 g/mol. The van der Waals surface area contributed by atoms with Gasteiger partial charge < -0.3 is 5.32 Å². The predicted molar refractivity (Wildman–Crippen MR) is 68.2 cm³/mol. The first-order valence-corrected chi connectivity index (χ1v) is 6.13. The Hall–Kier alpha value is -1.27. The molecule has 1 heterocycles. The number of nitrogens with zero attached hydrogens (tertiary/aromatic N) is 2. The Kier molecular flexibility index (Phi) is 3.77. The van der Waals surface area contributed by atoms with Crippen LogP contribution in [0.5, 0.6) is 0 Å². The molecule has 0 saturated carbocycles. The second kappa shape index (κ2) is 5.16. The molecule has 0 amide bonds. The number of aromatic nitrogens is 2. The lowest BCUT2D eigenvalue weighted by molar-refractivity contribution is 0.513. The minimum absolute atomic E-state index is 0.0283. The van der Waals surface area contributed by atoms with Crippen LogP contribution < -0.4 is 5.32 Å². The van der Waals surface area contributed by atoms with Crippen molar-refractivity contribution in [1.29, 1.82) is 0 Å². The van der Waals surface area contributed by atoms with Gasteiger partial charge in [-0.25, -0.2) is 8.78 Å². The van der Waals surface area contributed by atoms with Crippen molar-refractivity contribution in [1.82, 2.24) is 15.1 Å². The fourth-order valence-electron chi connectivity index (χ4n) is 1.86. The zero-order chi connectivity index (χ0) is 13.3. The summed E-state index contributed by atoms with van der Waals surface area (Å²) in [5.41, 5.74) is 0.541. The minimum Gasteiger partial charge on any atom is -0.308 e. The normalized spacial score (nSPS) is 12.7. The van der Waals surface area contributed by atoms with Crippen LogP contribution in [0.4, 0.5) is 8.78 Å². The van der Waals surface area contributed by atoms with E-state index < -0.39 is 17.7 Å². The molecule has 3 nitrogen and oxygen atoms in total. The van der Waals surface area contributed by atoms with Crippen molar-refractivity contribution in [3.05, 3.63) is 51.8 Å². The van der Waals surface area contributed by atoms with Crippen molar-refractivity contribution in [2.24, 2.45) is 7.05 Å². The molecule has 1 aromatic carbocycles. The van der Waals surface area contributed by atoms with E-state index in [1.807, 2.05) is 0 Å². The number of benzene rings is 1. The SMILES string of the molecule is CNC(c1ccn(C)n1)c1c(F)cc(Br)cc1F. The molecule has 0 radical (unpaired) electrons. The van der Waals surface area contributed by atoms with Crippen molar-refractivity contribution in [3.8, 4) is 0 Å². The van der Waals surface area contributed by atoms with E-state index in [9.17, 15) is 8.78 Å². The highest BCUT2D eigenvalue weighted by atomic mass is 79.9. The first-order valence-electron chi connectivity index (χ1n) is 5.34. The summed E-state index contributed by atoms with van der Waals surface area (Å²) in [6.45, 7) is 0. The molecule has 2 aromatic rings. The Morgan fingerprint density at radius 3 is 2.39 bits per heavy atom. The molecule has 0 aliphatic rings. The molecule has 1 unspecified atom stereocenters. The first-order chi connectivity index (χ1) is 8.52. The molecule has 1 atom stereocenters. The molecule has 1 aromatic heterocycles. The summed E-state index contributed by atoms with van der Waals surface area (Å²) in [7, 11) is 3.39. The van der Waals surface area contributed by atoms with Crippen molar-refractivity contribution < 1.29 is 8.78 Å². The van der Waals surface area contributed by atoms with Gasteiger partial charge in [-0.2, -0.15) is 5.10 Å². The highest BCUT2D eigenvalue weighted by Crippen LogP contribution is 2.28. The molecular formula is C12H12BrF2N3. The topological polar surface area (TPSA) is 29.9 Å². The number of aryl methyl sites for hydroxylation is 1. The lowest BCUT2D eigenvalue weighted by atomic mass is 10.0. The van der Waals surface area contributed by atoms with Gasteiger partial charge in [0.05, 0.1) is 11.7 Å². The molecular weight excluding hydrogens is 304 g/mol. The van der Waals surface area contributed by atoms with Gasteiger partial charge in [0.15, 0.2) is 0 Å². The first kappa shape index (κ1) is 13.2. The van der Waals surface area contributed by atoms with Crippen molar-refractivity contribution in [3.63, 3.8) is 0 Å². The number of hydrogen-bond donors (Lipinski definition) is 1. The van der Waals surface area contributed by atoms with Gasteiger partial charge in [-0.15, -0.1) is 0 Å². The molecule has 18 heavy (non-hydrogen) atoms. The lowest BCUT2D eigenvalue weighted by Crippen LogP contribution is -2.21. The van der Waals surface area contributed by atoms with Gasteiger partial charge in [0.2, 0.25) is 0 Å². The van der Waals surface area contributed by atoms with Gasteiger partial charge in [-0.05, 0) is 25.2 Å². The van der Waals surface area contributed by atoms with E-state index in [1.54, 1.807) is 31.0 Å². The molecule has 0 spiro atoms. The lowest BCUT2D eigenvalue weighted by Gasteiger charge is -2.16. The molecule has 1 N–H and O–H groups in total. The zero-order valence-corrected chi connectivity index (χ0v) is 11.5. The van der Waals surface area contributed by atoms with Gasteiger partial charge in [0, 0.05) is 23.3 Å². The molecule has 2 rings (SSSR count). The second-order valence-corrected chi connectivity index (χ2v) is 4.83. The summed E-state index contributed by atoms with van der Waals surface area (Å²) in [6, 6.07) is 3.60. The smallest absolute Gasteiger partial charge is 0.132 e. The minimum atomic E-state index is -0.612. The van der Waals surface area contributed by atoms with Crippen molar-refractivity contribution in [2.45, 2.75) is 6.04 Å². The van der Waals surface area contributed by atoms with Crippen LogP contribution in [-0.2, 0) is 7.05 Å². The maximum atomic E-state index is 13.9. The third-order valence-electron chi connectivity index (χ3n) is 2.65. The Morgan fingerprint density at radius 2 is 1.94 bits per heavy atom. The van der Waals surface area contributed by atoms with Crippen LogP contribution in [0.3, 0.4) is 0 Å². The quantitative estimate of drug-likeness (QED) is 0.944. The number of rotatable bonds is 3. The van der Waals surface area contributed by atoms with Crippen LogP contribution in [-0.4, -0.2) is 16.8 Å². The van der Waals surface area contributed by atoms with E-state index in [4.69, 9.17) is 0 Å². The van der Waals surface area contributed by atoms with E-state index >= 15 is 0 Å². The van der Waals surface area contributed by atoms with Gasteiger partial charge in [0.25, 0.3) is 0 Å². The van der Waals surface area contributed by atoms with E-state index in [2.05, 4.69) is 26.3 Å². The number of hydrogen-bond acceptors (Lipinski definition) is 2. The van der Waals surface area contributed by atoms with E-state index in [0.717, 1.165) is 0 Å². The van der Waals surface area contributed by atoms with Crippen LogP contribution in [0.25, 0.3) is 0 Å². The summed E-state index contributed by atoms with van der Waals surface area (Å²) in [4.78, 5) is 0. The summed E-state index contributed by atoms with van der Waals surface area (Å²) in [5.74, 6) is -1.21. The molecule has 96 valence electrons. The molecule has 0 bridgehead atoms. The van der Waals surface area contributed by atoms with Crippen LogP contribution in [0.15, 0.2) is 28.9 Å². The van der Waals surface area contributed by atoms with Crippen molar-refractivity contribution in [2.75, 3.05) is 7.05 Å². The van der Waals surface area contributed by atoms with Crippen LogP contribution in [0, 0.1) is 11.6 Å². The van der Waals surface area contributed by atoms with Gasteiger partial charge >= 0.3 is 0 Å². The fourth-order valence-corrected chi connectivity index (χ4v) is 2.26. The second-order valence-electron chi connectivity index (χ2n) is 3.92. The Morgan fingerprint density at radius 1 is 1.33 bits per heavy atom. The maximum absolute atomic E-state index is 13.9. The molecule has 6 heteroatoms. The van der Waals surface area contributed by atoms with Gasteiger partial charge in [-0.1, -0.05) is 15.9 Å². The number of nitrogens with one attached hydrogen (secondary N) is 1. The Bertz CT molecular complexity index is 545. The summed E-state index contributed by atoms with van der Waals surface area (Å²) in [6.07, 6.45) is 1.73. The fraction of sp³-hybridized carbons (Fsp3) is 0.250. The number of halogens is 3. The maximum Gasteiger partial charge on any atom is 0.132 e. The van der Waals surface area contributed by atoms with E-state index in [1.165, 1.54) is 12.1 Å². The van der Waals surface area contributed by atoms with Crippen molar-refractivity contribution >= 4 is 15.9 Å². The summed E-state index contributed by atoms with van der Waals surface area (Å²) < 4.78 is 29.8. The van der Waals surface area contributed by atoms with E-state index in [0.29, 0.717) is 10.2 Å². The van der Waals surface area contributed by atoms with Crippen LogP contribution in [0.2, 0.25) is 0 Å². The van der Waals surface area contributed by atoms with Gasteiger partial charge in [0.1, 0.15) is 11.6 Å². The largest absolute Gasteiger partial charge is 0.308 e. The molecule has 0 saturated heterocycles. The Labute approximate surface area is 112 Å². The highest BCUT2D eigenvalue weighted by Gasteiger charge is 2.23. The summed E-state index contributed by atoms with van der Waals surface area (Å²) in [5, 5.41) is 7.05. The summed E-state index contributed by atoms with van der Waals surface area (Å²) >= 11 is 3.06.